The van der Waals surface area contributed by atoms with Crippen molar-refractivity contribution in [2.45, 2.75) is 77.6 Å². The summed E-state index contributed by atoms with van der Waals surface area (Å²) in [5.74, 6) is 0.893. The van der Waals surface area contributed by atoms with E-state index in [4.69, 9.17) is 4.74 Å². The van der Waals surface area contributed by atoms with E-state index in [-0.39, 0.29) is 0 Å². The molecule has 0 aliphatic carbocycles. The predicted octanol–water partition coefficient (Wildman–Crippen LogP) is 4.94. The van der Waals surface area contributed by atoms with Gasteiger partial charge < -0.3 is 4.74 Å². The first-order valence-electron chi connectivity index (χ1n) is 7.51. The Morgan fingerprint density at radius 2 is 1.50 bits per heavy atom. The standard InChI is InChI=1S/C15H30O/c1-2-3-4-5-6-7-8-9-10-11-15-12-13-16-14-15/h15H,2-14H2,1H3. The van der Waals surface area contributed by atoms with Crippen molar-refractivity contribution in [1.29, 1.82) is 0 Å². The van der Waals surface area contributed by atoms with E-state index < -0.39 is 0 Å². The SMILES string of the molecule is CCCCCCCCCCCC1CCOC1. The maximum atomic E-state index is 5.39. The highest BCUT2D eigenvalue weighted by Gasteiger charge is 2.14. The monoisotopic (exact) mass is 226 g/mol. The summed E-state index contributed by atoms with van der Waals surface area (Å²) in [6, 6.07) is 0. The van der Waals surface area contributed by atoms with E-state index in [0.29, 0.717) is 0 Å². The molecular weight excluding hydrogens is 196 g/mol. The molecule has 0 aromatic heterocycles. The normalized spacial score (nSPS) is 20.4. The molecule has 0 aromatic carbocycles. The van der Waals surface area contributed by atoms with Gasteiger partial charge in [-0.15, -0.1) is 0 Å². The van der Waals surface area contributed by atoms with Gasteiger partial charge in [-0.3, -0.25) is 0 Å². The lowest BCUT2D eigenvalue weighted by Gasteiger charge is -2.06. The van der Waals surface area contributed by atoms with Gasteiger partial charge in [-0.1, -0.05) is 64.7 Å². The highest BCUT2D eigenvalue weighted by atomic mass is 16.5. The Morgan fingerprint density at radius 1 is 0.875 bits per heavy atom. The average molecular weight is 226 g/mol. The van der Waals surface area contributed by atoms with E-state index in [9.17, 15) is 0 Å². The van der Waals surface area contributed by atoms with Crippen molar-refractivity contribution in [2.75, 3.05) is 13.2 Å². The van der Waals surface area contributed by atoms with E-state index in [0.717, 1.165) is 19.1 Å². The van der Waals surface area contributed by atoms with Gasteiger partial charge in [0.25, 0.3) is 0 Å². The second-order valence-electron chi connectivity index (χ2n) is 5.35. The molecule has 0 bridgehead atoms. The molecule has 0 spiro atoms. The first-order chi connectivity index (χ1) is 7.93. The van der Waals surface area contributed by atoms with Crippen molar-refractivity contribution in [2.24, 2.45) is 5.92 Å². The molecule has 1 heteroatoms. The molecule has 1 aliphatic rings. The summed E-state index contributed by atoms with van der Waals surface area (Å²) in [4.78, 5) is 0. The number of hydrogen-bond acceptors (Lipinski definition) is 1. The van der Waals surface area contributed by atoms with Crippen molar-refractivity contribution >= 4 is 0 Å². The average Bonchev–Trinajstić information content (AvgIpc) is 2.80. The smallest absolute Gasteiger partial charge is 0.0495 e. The summed E-state index contributed by atoms with van der Waals surface area (Å²) < 4.78 is 5.39. The van der Waals surface area contributed by atoms with Gasteiger partial charge in [-0.25, -0.2) is 0 Å². The fraction of sp³-hybridized carbons (Fsp3) is 1.00. The fourth-order valence-corrected chi connectivity index (χ4v) is 2.55. The van der Waals surface area contributed by atoms with Crippen molar-refractivity contribution in [3.05, 3.63) is 0 Å². The Labute approximate surface area is 102 Å². The molecule has 1 atom stereocenters. The summed E-state index contributed by atoms with van der Waals surface area (Å²) in [7, 11) is 0. The molecule has 0 N–H and O–H groups in total. The Morgan fingerprint density at radius 3 is 2.06 bits per heavy atom. The van der Waals surface area contributed by atoms with Crippen LogP contribution in [0, 0.1) is 5.92 Å². The lowest BCUT2D eigenvalue weighted by Crippen LogP contribution is -1.98. The van der Waals surface area contributed by atoms with E-state index in [1.54, 1.807) is 0 Å². The minimum absolute atomic E-state index is 0.893. The van der Waals surface area contributed by atoms with Crippen LogP contribution in [0.4, 0.5) is 0 Å². The molecule has 1 unspecified atom stereocenters. The molecular formula is C15H30O. The molecule has 0 saturated carbocycles. The Bertz CT molecular complexity index is 138. The summed E-state index contributed by atoms with van der Waals surface area (Å²) in [6.07, 6.45) is 15.7. The van der Waals surface area contributed by atoms with Gasteiger partial charge in [0.05, 0.1) is 0 Å². The van der Waals surface area contributed by atoms with Crippen molar-refractivity contribution in [1.82, 2.24) is 0 Å². The first kappa shape index (κ1) is 14.0. The van der Waals surface area contributed by atoms with Crippen molar-refractivity contribution < 1.29 is 4.74 Å². The highest BCUT2D eigenvalue weighted by molar-refractivity contribution is 4.63. The molecule has 1 aliphatic heterocycles. The van der Waals surface area contributed by atoms with E-state index in [1.165, 1.54) is 70.6 Å². The lowest BCUT2D eigenvalue weighted by atomic mass is 9.99. The maximum Gasteiger partial charge on any atom is 0.0495 e. The second-order valence-corrected chi connectivity index (χ2v) is 5.35. The largest absolute Gasteiger partial charge is 0.381 e. The Kier molecular flexibility index (Phi) is 8.88. The van der Waals surface area contributed by atoms with Crippen LogP contribution < -0.4 is 0 Å². The number of ether oxygens (including phenoxy) is 1. The van der Waals surface area contributed by atoms with Crippen LogP contribution in [-0.2, 0) is 4.74 Å². The fourth-order valence-electron chi connectivity index (χ4n) is 2.55. The van der Waals surface area contributed by atoms with E-state index in [2.05, 4.69) is 6.92 Å². The predicted molar refractivity (Wildman–Crippen MR) is 70.8 cm³/mol. The van der Waals surface area contributed by atoms with Gasteiger partial charge in [-0.2, -0.15) is 0 Å². The van der Waals surface area contributed by atoms with Crippen molar-refractivity contribution in [3.63, 3.8) is 0 Å². The van der Waals surface area contributed by atoms with E-state index >= 15 is 0 Å². The Hall–Kier alpha value is -0.0400. The Balaban J connectivity index is 1.71. The van der Waals surface area contributed by atoms with Crippen molar-refractivity contribution in [3.8, 4) is 0 Å². The third-order valence-electron chi connectivity index (χ3n) is 3.74. The molecule has 0 amide bonds. The molecule has 16 heavy (non-hydrogen) atoms. The lowest BCUT2D eigenvalue weighted by molar-refractivity contribution is 0.183. The van der Waals surface area contributed by atoms with Crippen LogP contribution in [0.5, 0.6) is 0 Å². The molecule has 0 radical (unpaired) electrons. The summed E-state index contributed by atoms with van der Waals surface area (Å²) >= 11 is 0. The quantitative estimate of drug-likeness (QED) is 0.479. The highest BCUT2D eigenvalue weighted by Crippen LogP contribution is 2.20. The molecule has 96 valence electrons. The van der Waals surface area contributed by atoms with Crippen LogP contribution >= 0.6 is 0 Å². The van der Waals surface area contributed by atoms with Crippen LogP contribution in [0.15, 0.2) is 0 Å². The second kappa shape index (κ2) is 10.1. The minimum atomic E-state index is 0.893. The van der Waals surface area contributed by atoms with Gasteiger partial charge in [0.15, 0.2) is 0 Å². The van der Waals surface area contributed by atoms with Gasteiger partial charge in [-0.05, 0) is 18.8 Å². The van der Waals surface area contributed by atoms with E-state index in [1.807, 2.05) is 0 Å². The third-order valence-corrected chi connectivity index (χ3v) is 3.74. The minimum Gasteiger partial charge on any atom is -0.381 e. The number of rotatable bonds is 10. The zero-order valence-corrected chi connectivity index (χ0v) is 11.2. The summed E-state index contributed by atoms with van der Waals surface area (Å²) in [5.41, 5.74) is 0. The molecule has 1 rings (SSSR count). The van der Waals surface area contributed by atoms with Gasteiger partial charge in [0.1, 0.15) is 0 Å². The van der Waals surface area contributed by atoms with Crippen LogP contribution in [0.2, 0.25) is 0 Å². The topological polar surface area (TPSA) is 9.23 Å². The maximum absolute atomic E-state index is 5.39. The van der Waals surface area contributed by atoms with Gasteiger partial charge >= 0.3 is 0 Å². The molecule has 1 fully saturated rings. The molecule has 1 nitrogen and oxygen atoms in total. The first-order valence-corrected chi connectivity index (χ1v) is 7.51. The van der Waals surface area contributed by atoms with Crippen LogP contribution in [0.3, 0.4) is 0 Å². The number of unbranched alkanes of at least 4 members (excludes halogenated alkanes) is 8. The van der Waals surface area contributed by atoms with Crippen LogP contribution in [0.1, 0.15) is 77.6 Å². The third kappa shape index (κ3) is 7.27. The summed E-state index contributed by atoms with van der Waals surface area (Å²) in [5, 5.41) is 0. The number of hydrogen-bond donors (Lipinski definition) is 0. The summed E-state index contributed by atoms with van der Waals surface area (Å²) in [6.45, 7) is 4.34. The molecule has 1 heterocycles. The van der Waals surface area contributed by atoms with Crippen LogP contribution in [0.25, 0.3) is 0 Å². The zero-order valence-electron chi connectivity index (χ0n) is 11.2. The zero-order chi connectivity index (χ0) is 11.5. The molecule has 1 saturated heterocycles. The van der Waals surface area contributed by atoms with Gasteiger partial charge in [0, 0.05) is 13.2 Å². The van der Waals surface area contributed by atoms with Crippen LogP contribution in [-0.4, -0.2) is 13.2 Å². The molecule has 0 aromatic rings. The van der Waals surface area contributed by atoms with Gasteiger partial charge in [0.2, 0.25) is 0 Å².